The summed E-state index contributed by atoms with van der Waals surface area (Å²) in [4.78, 5) is 15.4. The molecular weight excluding hydrogens is 346 g/mol. The number of para-hydroxylation sites is 1. The number of rotatable bonds is 2. The number of carbonyl (C=O) groups is 1. The smallest absolute Gasteiger partial charge is 0.298 e. The van der Waals surface area contributed by atoms with Gasteiger partial charge in [-0.15, -0.1) is 0 Å². The quantitative estimate of drug-likeness (QED) is 0.448. The summed E-state index contributed by atoms with van der Waals surface area (Å²) >= 11 is 6.03. The fourth-order valence-corrected chi connectivity index (χ4v) is 2.67. The maximum absolute atomic E-state index is 13.5. The molecule has 2 nitrogen and oxygen atoms in total. The van der Waals surface area contributed by atoms with Crippen molar-refractivity contribution in [2.24, 2.45) is 0 Å². The van der Waals surface area contributed by atoms with Gasteiger partial charge in [0.15, 0.2) is 6.29 Å². The van der Waals surface area contributed by atoms with E-state index in [4.69, 9.17) is 11.6 Å². The van der Waals surface area contributed by atoms with E-state index in [2.05, 4.69) is 4.98 Å². The summed E-state index contributed by atoms with van der Waals surface area (Å²) in [6.45, 7) is 0. The van der Waals surface area contributed by atoms with Crippen LogP contribution in [0.1, 0.15) is 15.9 Å². The Bertz CT molecular complexity index is 953. The van der Waals surface area contributed by atoms with Crippen LogP contribution in [-0.4, -0.2) is 11.3 Å². The van der Waals surface area contributed by atoms with Crippen molar-refractivity contribution in [1.82, 2.24) is 4.98 Å². The number of fused-ring (bicyclic) bond motifs is 1. The standard InChI is InChI=1S/C17H8ClF4NO/c18-14-3-1-2-9-6-10(8-24)15(23-16(9)14)12-7-11(19)4-5-13(12)17(20,21)22/h1-8H. The zero-order valence-electron chi connectivity index (χ0n) is 11.9. The molecular formula is C17H8ClF4NO. The van der Waals surface area contributed by atoms with Crippen LogP contribution in [0.2, 0.25) is 5.02 Å². The molecule has 0 atom stereocenters. The molecule has 0 amide bonds. The van der Waals surface area contributed by atoms with E-state index in [-0.39, 0.29) is 21.8 Å². The largest absolute Gasteiger partial charge is 0.417 e. The number of aromatic nitrogens is 1. The summed E-state index contributed by atoms with van der Waals surface area (Å²) in [5.74, 6) is -0.865. The Labute approximate surface area is 138 Å². The Morgan fingerprint density at radius 2 is 1.83 bits per heavy atom. The van der Waals surface area contributed by atoms with E-state index in [1.807, 2.05) is 0 Å². The van der Waals surface area contributed by atoms with Crippen molar-refractivity contribution >= 4 is 28.8 Å². The first-order chi connectivity index (χ1) is 11.3. The van der Waals surface area contributed by atoms with Gasteiger partial charge in [-0.05, 0) is 30.3 Å². The SMILES string of the molecule is O=Cc1cc2cccc(Cl)c2nc1-c1cc(F)ccc1C(F)(F)F. The number of benzene rings is 2. The molecule has 0 aliphatic heterocycles. The van der Waals surface area contributed by atoms with E-state index >= 15 is 0 Å². The highest BCUT2D eigenvalue weighted by Gasteiger charge is 2.34. The molecule has 0 aliphatic carbocycles. The molecule has 0 N–H and O–H groups in total. The van der Waals surface area contributed by atoms with E-state index in [1.54, 1.807) is 12.1 Å². The van der Waals surface area contributed by atoms with Gasteiger partial charge in [0.2, 0.25) is 0 Å². The van der Waals surface area contributed by atoms with Gasteiger partial charge in [-0.3, -0.25) is 4.79 Å². The van der Waals surface area contributed by atoms with Gasteiger partial charge in [-0.2, -0.15) is 13.2 Å². The monoisotopic (exact) mass is 353 g/mol. The topological polar surface area (TPSA) is 30.0 Å². The molecule has 122 valence electrons. The summed E-state index contributed by atoms with van der Waals surface area (Å²) in [5, 5.41) is 0.717. The zero-order chi connectivity index (χ0) is 17.5. The van der Waals surface area contributed by atoms with Gasteiger partial charge in [0, 0.05) is 16.5 Å². The first kappa shape index (κ1) is 16.4. The highest BCUT2D eigenvalue weighted by atomic mass is 35.5. The number of halogens is 5. The molecule has 0 fully saturated rings. The molecule has 0 spiro atoms. The Hall–Kier alpha value is -2.47. The van der Waals surface area contributed by atoms with Crippen molar-refractivity contribution in [2.75, 3.05) is 0 Å². The molecule has 0 saturated heterocycles. The molecule has 0 bridgehead atoms. The number of alkyl halides is 3. The maximum atomic E-state index is 13.5. The molecule has 3 rings (SSSR count). The zero-order valence-corrected chi connectivity index (χ0v) is 12.6. The summed E-state index contributed by atoms with van der Waals surface area (Å²) in [6.07, 6.45) is -4.34. The van der Waals surface area contributed by atoms with Crippen LogP contribution in [0.5, 0.6) is 0 Å². The number of carbonyl (C=O) groups excluding carboxylic acids is 1. The normalized spacial score (nSPS) is 11.7. The third-order valence-corrected chi connectivity index (χ3v) is 3.80. The van der Waals surface area contributed by atoms with E-state index < -0.39 is 23.1 Å². The fourth-order valence-electron chi connectivity index (χ4n) is 2.44. The summed E-state index contributed by atoms with van der Waals surface area (Å²) < 4.78 is 53.2. The van der Waals surface area contributed by atoms with Crippen LogP contribution in [0.15, 0.2) is 42.5 Å². The maximum Gasteiger partial charge on any atom is 0.417 e. The number of hydrogen-bond acceptors (Lipinski definition) is 2. The van der Waals surface area contributed by atoms with E-state index in [0.29, 0.717) is 29.9 Å². The first-order valence-corrected chi connectivity index (χ1v) is 7.10. The van der Waals surface area contributed by atoms with Crippen LogP contribution >= 0.6 is 11.6 Å². The van der Waals surface area contributed by atoms with Crippen molar-refractivity contribution < 1.29 is 22.4 Å². The third kappa shape index (κ3) is 2.85. The summed E-state index contributed by atoms with van der Waals surface area (Å²) in [5.41, 5.74) is -1.70. The van der Waals surface area contributed by atoms with Crippen LogP contribution in [-0.2, 0) is 6.18 Å². The van der Waals surface area contributed by atoms with Crippen LogP contribution in [0.3, 0.4) is 0 Å². The van der Waals surface area contributed by atoms with Gasteiger partial charge in [-0.25, -0.2) is 9.37 Å². The van der Waals surface area contributed by atoms with Crippen LogP contribution < -0.4 is 0 Å². The molecule has 0 unspecified atom stereocenters. The van der Waals surface area contributed by atoms with Crippen molar-refractivity contribution in [1.29, 1.82) is 0 Å². The van der Waals surface area contributed by atoms with Crippen LogP contribution in [0.4, 0.5) is 17.6 Å². The van der Waals surface area contributed by atoms with Gasteiger partial charge >= 0.3 is 6.18 Å². The second-order valence-electron chi connectivity index (χ2n) is 5.04. The van der Waals surface area contributed by atoms with Crippen molar-refractivity contribution in [3.05, 3.63) is 64.4 Å². The summed E-state index contributed by atoms with van der Waals surface area (Å²) in [7, 11) is 0. The lowest BCUT2D eigenvalue weighted by atomic mass is 9.98. The molecule has 3 aromatic rings. The Morgan fingerprint density at radius 3 is 2.50 bits per heavy atom. The second kappa shape index (κ2) is 5.87. The van der Waals surface area contributed by atoms with Crippen molar-refractivity contribution in [2.45, 2.75) is 6.18 Å². The van der Waals surface area contributed by atoms with Gasteiger partial charge in [-0.1, -0.05) is 23.7 Å². The predicted octanol–water partition coefficient (Wildman–Crippen LogP) is 5.53. The Morgan fingerprint density at radius 1 is 1.08 bits per heavy atom. The fraction of sp³-hybridized carbons (Fsp3) is 0.0588. The molecule has 24 heavy (non-hydrogen) atoms. The minimum Gasteiger partial charge on any atom is -0.298 e. The van der Waals surface area contributed by atoms with Crippen molar-refractivity contribution in [3.63, 3.8) is 0 Å². The number of hydrogen-bond donors (Lipinski definition) is 0. The number of nitrogens with zero attached hydrogens (tertiary/aromatic N) is 1. The first-order valence-electron chi connectivity index (χ1n) is 6.73. The Kier molecular flexibility index (Phi) is 4.01. The van der Waals surface area contributed by atoms with E-state index in [9.17, 15) is 22.4 Å². The second-order valence-corrected chi connectivity index (χ2v) is 5.45. The van der Waals surface area contributed by atoms with E-state index in [1.165, 1.54) is 12.1 Å². The summed E-state index contributed by atoms with van der Waals surface area (Å²) in [6, 6.07) is 8.20. The minimum atomic E-state index is -4.72. The number of pyridine rings is 1. The molecule has 1 heterocycles. The minimum absolute atomic E-state index is 0.0825. The van der Waals surface area contributed by atoms with Gasteiger partial charge < -0.3 is 0 Å². The van der Waals surface area contributed by atoms with Gasteiger partial charge in [0.05, 0.1) is 21.8 Å². The van der Waals surface area contributed by atoms with Gasteiger partial charge in [0.25, 0.3) is 0 Å². The highest BCUT2D eigenvalue weighted by molar-refractivity contribution is 6.35. The molecule has 1 aromatic heterocycles. The third-order valence-electron chi connectivity index (χ3n) is 3.50. The molecule has 0 radical (unpaired) electrons. The highest BCUT2D eigenvalue weighted by Crippen LogP contribution is 2.38. The van der Waals surface area contributed by atoms with Crippen LogP contribution in [0.25, 0.3) is 22.2 Å². The van der Waals surface area contributed by atoms with Crippen molar-refractivity contribution in [3.8, 4) is 11.3 Å². The lowest BCUT2D eigenvalue weighted by Gasteiger charge is -2.14. The average molecular weight is 354 g/mol. The Balaban J connectivity index is 2.40. The van der Waals surface area contributed by atoms with E-state index in [0.717, 1.165) is 0 Å². The molecule has 7 heteroatoms. The number of aldehydes is 1. The predicted molar refractivity (Wildman–Crippen MR) is 82.5 cm³/mol. The lowest BCUT2D eigenvalue weighted by molar-refractivity contribution is -0.137. The molecule has 0 aliphatic rings. The lowest BCUT2D eigenvalue weighted by Crippen LogP contribution is -2.09. The van der Waals surface area contributed by atoms with Gasteiger partial charge in [0.1, 0.15) is 5.82 Å². The molecule has 0 saturated carbocycles. The van der Waals surface area contributed by atoms with Crippen LogP contribution in [0, 0.1) is 5.82 Å². The average Bonchev–Trinajstić information content (AvgIpc) is 2.53. The molecule has 2 aromatic carbocycles.